The molecule has 1 N–H and O–H groups in total. The molecule has 2 rings (SSSR count). The molecule has 27 heavy (non-hydrogen) atoms. The number of nitrogens with zero attached hydrogens (tertiary/aromatic N) is 1. The average molecular weight is 372 g/mol. The second-order valence-electron chi connectivity index (χ2n) is 6.22. The van der Waals surface area contributed by atoms with Gasteiger partial charge in [0.1, 0.15) is 11.9 Å². The number of hydrogen-bond donors (Lipinski definition) is 1. The van der Waals surface area contributed by atoms with Crippen molar-refractivity contribution in [3.8, 4) is 0 Å². The molecular weight excluding hydrogens is 347 g/mol. The van der Waals surface area contributed by atoms with Crippen molar-refractivity contribution in [3.05, 3.63) is 71.5 Å². The predicted molar refractivity (Wildman–Crippen MR) is 101 cm³/mol. The third-order valence-electron chi connectivity index (χ3n) is 4.17. The number of ether oxygens (including phenoxy) is 1. The highest BCUT2D eigenvalue weighted by atomic mass is 19.1. The highest BCUT2D eigenvalue weighted by Crippen LogP contribution is 2.24. The van der Waals surface area contributed by atoms with Gasteiger partial charge < -0.3 is 15.0 Å². The van der Waals surface area contributed by atoms with E-state index in [1.54, 1.807) is 19.2 Å². The van der Waals surface area contributed by atoms with E-state index in [1.807, 2.05) is 30.3 Å². The third kappa shape index (κ3) is 6.18. The summed E-state index contributed by atoms with van der Waals surface area (Å²) in [7, 11) is 1.61. The van der Waals surface area contributed by atoms with E-state index in [4.69, 9.17) is 4.74 Å². The van der Waals surface area contributed by atoms with Crippen LogP contribution in [0.1, 0.15) is 30.5 Å². The first-order valence-electron chi connectivity index (χ1n) is 8.86. The van der Waals surface area contributed by atoms with Gasteiger partial charge >= 0.3 is 0 Å². The average Bonchev–Trinajstić information content (AvgIpc) is 2.67. The molecule has 0 saturated heterocycles. The van der Waals surface area contributed by atoms with E-state index in [-0.39, 0.29) is 24.2 Å². The zero-order valence-corrected chi connectivity index (χ0v) is 15.7. The van der Waals surface area contributed by atoms with Crippen LogP contribution in [0.2, 0.25) is 0 Å². The van der Waals surface area contributed by atoms with E-state index in [1.165, 1.54) is 24.0 Å². The molecule has 0 radical (unpaired) electrons. The Morgan fingerprint density at radius 1 is 1.11 bits per heavy atom. The van der Waals surface area contributed by atoms with Gasteiger partial charge in [0.05, 0.1) is 0 Å². The number of carbonyl (C=O) groups is 2. The van der Waals surface area contributed by atoms with Gasteiger partial charge in [-0.3, -0.25) is 9.59 Å². The monoisotopic (exact) mass is 372 g/mol. The SMILES string of the molecule is COCCCNC(=O)[C@H](c1ccccc1)N(Cc1ccc(F)cc1)C(C)=O. The van der Waals surface area contributed by atoms with Crippen LogP contribution < -0.4 is 5.32 Å². The molecule has 0 fully saturated rings. The first-order valence-corrected chi connectivity index (χ1v) is 8.86. The Morgan fingerprint density at radius 3 is 2.37 bits per heavy atom. The first-order chi connectivity index (χ1) is 13.0. The van der Waals surface area contributed by atoms with Crippen LogP contribution in [0.5, 0.6) is 0 Å². The molecule has 5 nitrogen and oxygen atoms in total. The van der Waals surface area contributed by atoms with E-state index in [9.17, 15) is 14.0 Å². The van der Waals surface area contributed by atoms with Crippen LogP contribution in [-0.4, -0.2) is 37.0 Å². The smallest absolute Gasteiger partial charge is 0.247 e. The number of nitrogens with one attached hydrogen (secondary N) is 1. The minimum atomic E-state index is -0.767. The van der Waals surface area contributed by atoms with Crippen LogP contribution in [0, 0.1) is 5.82 Å². The van der Waals surface area contributed by atoms with Gasteiger partial charge in [-0.05, 0) is 29.7 Å². The van der Waals surface area contributed by atoms with Gasteiger partial charge in [-0.15, -0.1) is 0 Å². The standard InChI is InChI=1S/C21H25FN2O3/c1-16(25)24(15-17-9-11-19(22)12-10-17)20(18-7-4-3-5-8-18)21(26)23-13-6-14-27-2/h3-5,7-12,20H,6,13-15H2,1-2H3,(H,23,26)/t20-/m0/s1. The summed E-state index contributed by atoms with van der Waals surface area (Å²) in [6.07, 6.45) is 0.682. The number of halogens is 1. The van der Waals surface area contributed by atoms with Gasteiger partial charge in [0, 0.05) is 33.7 Å². The van der Waals surface area contributed by atoms with Gasteiger partial charge in [-0.25, -0.2) is 4.39 Å². The molecule has 0 aliphatic heterocycles. The van der Waals surface area contributed by atoms with E-state index >= 15 is 0 Å². The zero-order chi connectivity index (χ0) is 19.6. The van der Waals surface area contributed by atoms with Crippen LogP contribution in [0.25, 0.3) is 0 Å². The molecule has 0 aliphatic rings. The van der Waals surface area contributed by atoms with Crippen molar-refractivity contribution in [1.29, 1.82) is 0 Å². The topological polar surface area (TPSA) is 58.6 Å². The summed E-state index contributed by atoms with van der Waals surface area (Å²) < 4.78 is 18.2. The van der Waals surface area contributed by atoms with Crippen LogP contribution in [0.3, 0.4) is 0 Å². The molecule has 0 bridgehead atoms. The molecule has 0 spiro atoms. The molecule has 2 amide bonds. The fourth-order valence-electron chi connectivity index (χ4n) is 2.80. The number of methoxy groups -OCH3 is 1. The molecule has 0 aromatic heterocycles. The Kier molecular flexibility index (Phi) is 7.95. The maximum absolute atomic E-state index is 13.2. The Labute approximate surface area is 159 Å². The quantitative estimate of drug-likeness (QED) is 0.688. The fourth-order valence-corrected chi connectivity index (χ4v) is 2.80. The Balaban J connectivity index is 2.26. The van der Waals surface area contributed by atoms with Crippen molar-refractivity contribution in [2.75, 3.05) is 20.3 Å². The van der Waals surface area contributed by atoms with Gasteiger partial charge in [-0.1, -0.05) is 42.5 Å². The normalized spacial score (nSPS) is 11.7. The van der Waals surface area contributed by atoms with Gasteiger partial charge in [0.15, 0.2) is 0 Å². The van der Waals surface area contributed by atoms with Crippen molar-refractivity contribution in [2.24, 2.45) is 0 Å². The Bertz CT molecular complexity index is 735. The second-order valence-corrected chi connectivity index (χ2v) is 6.22. The summed E-state index contributed by atoms with van der Waals surface area (Å²) in [4.78, 5) is 26.7. The Morgan fingerprint density at radius 2 is 1.78 bits per heavy atom. The lowest BCUT2D eigenvalue weighted by molar-refractivity contribution is -0.140. The number of hydrogen-bond acceptors (Lipinski definition) is 3. The summed E-state index contributed by atoms with van der Waals surface area (Å²) in [5, 5.41) is 2.87. The first kappa shape index (κ1) is 20.6. The van der Waals surface area contributed by atoms with Gasteiger partial charge in [0.25, 0.3) is 0 Å². The highest BCUT2D eigenvalue weighted by Gasteiger charge is 2.29. The summed E-state index contributed by atoms with van der Waals surface area (Å²) >= 11 is 0. The van der Waals surface area contributed by atoms with E-state index < -0.39 is 6.04 Å². The molecule has 6 heteroatoms. The minimum absolute atomic E-state index is 0.209. The van der Waals surface area contributed by atoms with E-state index in [0.29, 0.717) is 19.6 Å². The molecule has 0 saturated carbocycles. The van der Waals surface area contributed by atoms with Gasteiger partial charge in [0.2, 0.25) is 11.8 Å². The fraction of sp³-hybridized carbons (Fsp3) is 0.333. The summed E-state index contributed by atoms with van der Waals surface area (Å²) in [5.74, 6) is -0.835. The molecule has 0 aliphatic carbocycles. The van der Waals surface area contributed by atoms with E-state index in [2.05, 4.69) is 5.32 Å². The maximum atomic E-state index is 13.2. The molecular formula is C21H25FN2O3. The minimum Gasteiger partial charge on any atom is -0.385 e. The summed E-state index contributed by atoms with van der Waals surface area (Å²) in [5.41, 5.74) is 1.47. The summed E-state index contributed by atoms with van der Waals surface area (Å²) in [6.45, 7) is 2.64. The lowest BCUT2D eigenvalue weighted by Crippen LogP contribution is -2.43. The number of rotatable bonds is 9. The summed E-state index contributed by atoms with van der Waals surface area (Å²) in [6, 6.07) is 14.3. The lowest BCUT2D eigenvalue weighted by atomic mass is 10.0. The number of benzene rings is 2. The lowest BCUT2D eigenvalue weighted by Gasteiger charge is -2.30. The number of amides is 2. The maximum Gasteiger partial charge on any atom is 0.247 e. The van der Waals surface area contributed by atoms with Crippen molar-refractivity contribution in [1.82, 2.24) is 10.2 Å². The molecule has 2 aromatic rings. The number of carbonyl (C=O) groups excluding carboxylic acids is 2. The van der Waals surface area contributed by atoms with Crippen LogP contribution in [0.15, 0.2) is 54.6 Å². The molecule has 0 unspecified atom stereocenters. The second kappa shape index (κ2) is 10.4. The van der Waals surface area contributed by atoms with Crippen molar-refractivity contribution >= 4 is 11.8 Å². The zero-order valence-electron chi connectivity index (χ0n) is 15.7. The predicted octanol–water partition coefficient (Wildman–Crippen LogP) is 3.07. The van der Waals surface area contributed by atoms with Crippen LogP contribution in [0.4, 0.5) is 4.39 Å². The molecule has 0 heterocycles. The van der Waals surface area contributed by atoms with Crippen molar-refractivity contribution in [2.45, 2.75) is 25.9 Å². The molecule has 144 valence electrons. The van der Waals surface area contributed by atoms with Crippen molar-refractivity contribution < 1.29 is 18.7 Å². The third-order valence-corrected chi connectivity index (χ3v) is 4.17. The van der Waals surface area contributed by atoms with Crippen LogP contribution in [-0.2, 0) is 20.9 Å². The highest BCUT2D eigenvalue weighted by molar-refractivity contribution is 5.88. The van der Waals surface area contributed by atoms with E-state index in [0.717, 1.165) is 11.1 Å². The van der Waals surface area contributed by atoms with Crippen LogP contribution >= 0.6 is 0 Å². The van der Waals surface area contributed by atoms with Gasteiger partial charge in [-0.2, -0.15) is 0 Å². The molecule has 2 aromatic carbocycles. The molecule has 1 atom stereocenters. The van der Waals surface area contributed by atoms with Crippen molar-refractivity contribution in [3.63, 3.8) is 0 Å². The Hall–Kier alpha value is -2.73. The largest absolute Gasteiger partial charge is 0.385 e.